The molecule has 0 unspecified atom stereocenters. The Kier molecular flexibility index (Phi) is 7.09. The lowest BCUT2D eigenvalue weighted by atomic mass is 10.1. The molecule has 0 spiro atoms. The van der Waals surface area contributed by atoms with E-state index in [4.69, 9.17) is 9.15 Å². The molecule has 9 heteroatoms. The molecular formula is C29H26F3N3O3. The summed E-state index contributed by atoms with van der Waals surface area (Å²) < 4.78 is 50.9. The number of halogens is 3. The molecule has 1 saturated heterocycles. The van der Waals surface area contributed by atoms with E-state index in [0.717, 1.165) is 23.4 Å². The Morgan fingerprint density at radius 2 is 1.71 bits per heavy atom. The van der Waals surface area contributed by atoms with Gasteiger partial charge in [-0.1, -0.05) is 18.2 Å². The van der Waals surface area contributed by atoms with Crippen molar-refractivity contribution in [1.29, 1.82) is 0 Å². The van der Waals surface area contributed by atoms with Crippen molar-refractivity contribution in [2.45, 2.75) is 13.1 Å². The van der Waals surface area contributed by atoms with Crippen LogP contribution in [0.4, 0.5) is 18.9 Å². The smallest absolute Gasteiger partial charge is 0.416 e. The fourth-order valence-corrected chi connectivity index (χ4v) is 4.49. The molecule has 1 aliphatic rings. The molecule has 4 aromatic rings. The second-order valence-corrected chi connectivity index (χ2v) is 8.86. The zero-order chi connectivity index (χ0) is 26.7. The fourth-order valence-electron chi connectivity index (χ4n) is 4.49. The summed E-state index contributed by atoms with van der Waals surface area (Å²) >= 11 is 0. The molecule has 6 nitrogen and oxygen atoms in total. The second-order valence-electron chi connectivity index (χ2n) is 8.86. The highest BCUT2D eigenvalue weighted by atomic mass is 19.4. The first-order valence-electron chi connectivity index (χ1n) is 12.3. The average molecular weight is 522 g/mol. The minimum absolute atomic E-state index is 0.176. The van der Waals surface area contributed by atoms with Gasteiger partial charge in [0.15, 0.2) is 5.76 Å². The molecular weight excluding hydrogens is 495 g/mol. The molecule has 0 bridgehead atoms. The van der Waals surface area contributed by atoms with E-state index >= 15 is 0 Å². The number of oxazole rings is 1. The molecule has 0 saturated carbocycles. The van der Waals surface area contributed by atoms with Crippen LogP contribution >= 0.6 is 0 Å². The van der Waals surface area contributed by atoms with Crippen molar-refractivity contribution in [3.8, 4) is 28.5 Å². The highest BCUT2D eigenvalue weighted by Crippen LogP contribution is 2.33. The van der Waals surface area contributed by atoms with Crippen LogP contribution in [0.3, 0.4) is 0 Å². The molecule has 0 N–H and O–H groups in total. The second kappa shape index (κ2) is 10.6. The van der Waals surface area contributed by atoms with E-state index in [-0.39, 0.29) is 5.91 Å². The van der Waals surface area contributed by atoms with Gasteiger partial charge in [0, 0.05) is 43.0 Å². The topological polar surface area (TPSA) is 58.8 Å². The average Bonchev–Trinajstić information content (AvgIpc) is 3.43. The number of amides is 1. The van der Waals surface area contributed by atoms with Crippen LogP contribution in [-0.4, -0.2) is 48.6 Å². The van der Waals surface area contributed by atoms with E-state index in [1.54, 1.807) is 35.4 Å². The third-order valence-electron chi connectivity index (χ3n) is 6.45. The molecule has 3 aromatic carbocycles. The van der Waals surface area contributed by atoms with Gasteiger partial charge in [0.05, 0.1) is 23.9 Å². The summed E-state index contributed by atoms with van der Waals surface area (Å²) in [7, 11) is 0. The van der Waals surface area contributed by atoms with Crippen LogP contribution in [0.25, 0.3) is 22.8 Å². The number of hydrogen-bond acceptors (Lipinski definition) is 5. The zero-order valence-corrected chi connectivity index (χ0v) is 20.7. The van der Waals surface area contributed by atoms with Crippen LogP contribution in [0.15, 0.2) is 83.4 Å². The fraction of sp³-hybridized carbons (Fsp3) is 0.241. The minimum Gasteiger partial charge on any atom is -0.494 e. The van der Waals surface area contributed by atoms with Crippen LogP contribution in [0.2, 0.25) is 0 Å². The van der Waals surface area contributed by atoms with E-state index in [9.17, 15) is 18.0 Å². The van der Waals surface area contributed by atoms with Gasteiger partial charge in [-0.3, -0.25) is 4.79 Å². The Balaban J connectivity index is 1.30. The summed E-state index contributed by atoms with van der Waals surface area (Å²) in [5, 5.41) is 0. The lowest BCUT2D eigenvalue weighted by Crippen LogP contribution is -2.49. The van der Waals surface area contributed by atoms with Gasteiger partial charge >= 0.3 is 6.18 Å². The third kappa shape index (κ3) is 5.37. The number of nitrogens with zero attached hydrogens (tertiary/aromatic N) is 3. The van der Waals surface area contributed by atoms with Crippen LogP contribution in [-0.2, 0) is 6.18 Å². The van der Waals surface area contributed by atoms with Gasteiger partial charge in [-0.15, -0.1) is 0 Å². The quantitative estimate of drug-likeness (QED) is 0.294. The van der Waals surface area contributed by atoms with Crippen molar-refractivity contribution in [1.82, 2.24) is 9.88 Å². The third-order valence-corrected chi connectivity index (χ3v) is 6.45. The number of carbonyl (C=O) groups excluding carboxylic acids is 1. The van der Waals surface area contributed by atoms with E-state index < -0.39 is 11.7 Å². The van der Waals surface area contributed by atoms with Crippen LogP contribution in [0.1, 0.15) is 22.8 Å². The Morgan fingerprint density at radius 3 is 2.42 bits per heavy atom. The Morgan fingerprint density at radius 1 is 0.974 bits per heavy atom. The zero-order valence-electron chi connectivity index (χ0n) is 20.7. The number of rotatable bonds is 6. The molecule has 2 heterocycles. The normalized spacial score (nSPS) is 14.0. The van der Waals surface area contributed by atoms with E-state index in [2.05, 4.69) is 4.98 Å². The predicted octanol–water partition coefficient (Wildman–Crippen LogP) is 6.39. The lowest BCUT2D eigenvalue weighted by Gasteiger charge is -2.36. The highest BCUT2D eigenvalue weighted by molar-refractivity contribution is 6.00. The molecule has 38 heavy (non-hydrogen) atoms. The summed E-state index contributed by atoms with van der Waals surface area (Å²) in [6, 6.07) is 19.9. The van der Waals surface area contributed by atoms with Crippen LogP contribution < -0.4 is 9.64 Å². The van der Waals surface area contributed by atoms with Gasteiger partial charge < -0.3 is 19.0 Å². The Hall–Kier alpha value is -4.27. The molecule has 0 atom stereocenters. The van der Waals surface area contributed by atoms with Gasteiger partial charge in [0.1, 0.15) is 5.75 Å². The van der Waals surface area contributed by atoms with Crippen molar-refractivity contribution in [3.63, 3.8) is 0 Å². The van der Waals surface area contributed by atoms with Crippen LogP contribution in [0, 0.1) is 0 Å². The maximum absolute atomic E-state index is 13.5. The maximum atomic E-state index is 13.5. The summed E-state index contributed by atoms with van der Waals surface area (Å²) in [5.41, 5.74) is 1.68. The van der Waals surface area contributed by atoms with Crippen LogP contribution in [0.5, 0.6) is 5.75 Å². The van der Waals surface area contributed by atoms with Gasteiger partial charge in [0.2, 0.25) is 5.89 Å². The van der Waals surface area contributed by atoms with E-state index in [1.807, 2.05) is 42.2 Å². The molecule has 0 aliphatic carbocycles. The lowest BCUT2D eigenvalue weighted by molar-refractivity contribution is -0.137. The van der Waals surface area contributed by atoms with Gasteiger partial charge in [-0.2, -0.15) is 13.2 Å². The molecule has 1 aliphatic heterocycles. The predicted molar refractivity (Wildman–Crippen MR) is 138 cm³/mol. The summed E-state index contributed by atoms with van der Waals surface area (Å²) in [6.07, 6.45) is -2.77. The summed E-state index contributed by atoms with van der Waals surface area (Å²) in [6.45, 7) is 4.12. The van der Waals surface area contributed by atoms with E-state index in [0.29, 0.717) is 61.3 Å². The minimum atomic E-state index is -4.40. The first-order chi connectivity index (χ1) is 18.3. The number of anilines is 1. The number of ether oxygens (including phenoxy) is 1. The Bertz CT molecular complexity index is 1410. The highest BCUT2D eigenvalue weighted by Gasteiger charge is 2.31. The molecule has 5 rings (SSSR count). The molecule has 1 amide bonds. The molecule has 1 fully saturated rings. The summed E-state index contributed by atoms with van der Waals surface area (Å²) in [5.74, 6) is 1.49. The van der Waals surface area contributed by atoms with Crippen molar-refractivity contribution in [3.05, 3.63) is 90.1 Å². The molecule has 1 aromatic heterocycles. The molecule has 196 valence electrons. The largest absolute Gasteiger partial charge is 0.494 e. The number of hydrogen-bond donors (Lipinski definition) is 0. The van der Waals surface area contributed by atoms with Crippen molar-refractivity contribution < 1.29 is 27.1 Å². The van der Waals surface area contributed by atoms with Gasteiger partial charge in [-0.25, -0.2) is 4.98 Å². The van der Waals surface area contributed by atoms with Crippen molar-refractivity contribution >= 4 is 11.6 Å². The van der Waals surface area contributed by atoms with E-state index in [1.165, 1.54) is 6.07 Å². The van der Waals surface area contributed by atoms with Gasteiger partial charge in [0.25, 0.3) is 5.91 Å². The Labute approximate surface area is 218 Å². The maximum Gasteiger partial charge on any atom is 0.416 e. The SMILES string of the molecule is CCOc1ccc(-c2cnc(-c3ccccc3C(=O)N3CCN(c4cccc(C(F)(F)F)c4)CC3)o2)cc1. The first kappa shape index (κ1) is 25.4. The standard InChI is InChI=1S/C29H26F3N3O3/c1-2-37-23-12-10-20(11-13-23)26-19-33-27(38-26)24-8-3-4-9-25(24)28(36)35-16-14-34(15-17-35)22-7-5-6-21(18-22)29(30,31)32/h3-13,18-19H,2,14-17H2,1H3. The molecule has 0 radical (unpaired) electrons. The van der Waals surface area contributed by atoms with Gasteiger partial charge in [-0.05, 0) is 61.5 Å². The van der Waals surface area contributed by atoms with Crippen molar-refractivity contribution in [2.24, 2.45) is 0 Å². The summed E-state index contributed by atoms with van der Waals surface area (Å²) in [4.78, 5) is 21.5. The number of aromatic nitrogens is 1. The first-order valence-corrected chi connectivity index (χ1v) is 12.3. The number of piperazine rings is 1. The number of carbonyl (C=O) groups is 1. The number of alkyl halides is 3. The monoisotopic (exact) mass is 521 g/mol. The number of benzene rings is 3. The van der Waals surface area contributed by atoms with Crippen molar-refractivity contribution in [2.75, 3.05) is 37.7 Å².